The van der Waals surface area contributed by atoms with Crippen LogP contribution in [0.15, 0.2) is 12.1 Å². The van der Waals surface area contributed by atoms with E-state index in [2.05, 4.69) is 0 Å². The predicted octanol–water partition coefficient (Wildman–Crippen LogP) is 2.22. The van der Waals surface area contributed by atoms with Crippen molar-refractivity contribution in [1.29, 1.82) is 0 Å². The molecule has 0 radical (unpaired) electrons. The van der Waals surface area contributed by atoms with Crippen molar-refractivity contribution in [2.24, 2.45) is 0 Å². The molecule has 1 aromatic rings. The van der Waals surface area contributed by atoms with E-state index in [0.29, 0.717) is 63.2 Å². The Morgan fingerprint density at radius 3 is 2.36 bits per heavy atom. The number of benzene rings is 1. The molecule has 0 unspecified atom stereocenters. The quantitative estimate of drug-likeness (QED) is 0.518. The van der Waals surface area contributed by atoms with Crippen molar-refractivity contribution in [2.75, 3.05) is 50.9 Å². The summed E-state index contributed by atoms with van der Waals surface area (Å²) < 4.78 is 16.6. The maximum Gasteiger partial charge on any atom is 0.296 e. The van der Waals surface area contributed by atoms with E-state index in [0.717, 1.165) is 12.8 Å². The fraction of sp³-hybridized carbons (Fsp3) is 0.632. The van der Waals surface area contributed by atoms with Crippen LogP contribution in [0.4, 0.5) is 11.4 Å². The highest BCUT2D eigenvalue weighted by atomic mass is 16.6. The molecule has 9 nitrogen and oxygen atoms in total. The summed E-state index contributed by atoms with van der Waals surface area (Å²) in [6, 6.07) is 3.10. The number of nitro benzene ring substituents is 1. The molecule has 1 amide bonds. The highest BCUT2D eigenvalue weighted by molar-refractivity contribution is 5.81. The van der Waals surface area contributed by atoms with Crippen LogP contribution in [0.3, 0.4) is 0 Å². The van der Waals surface area contributed by atoms with Gasteiger partial charge in [-0.3, -0.25) is 14.9 Å². The highest BCUT2D eigenvalue weighted by Gasteiger charge is 2.32. The van der Waals surface area contributed by atoms with Gasteiger partial charge in [0, 0.05) is 38.9 Å². The van der Waals surface area contributed by atoms with E-state index < -0.39 is 4.92 Å². The standard InChI is InChI=1S/C19H27N3O6/c1-3-26-17-12-14(15(22(24)25)13-18(17)27-4-2)20-7-9-21(10-8-20)19(23)16-6-5-11-28-16/h12-13,16H,3-11H2,1-2H3/t16-/m1/s1. The van der Waals surface area contributed by atoms with E-state index in [-0.39, 0.29) is 17.7 Å². The highest BCUT2D eigenvalue weighted by Crippen LogP contribution is 2.40. The van der Waals surface area contributed by atoms with Gasteiger partial charge in [-0.15, -0.1) is 0 Å². The van der Waals surface area contributed by atoms with Crippen molar-refractivity contribution >= 4 is 17.3 Å². The Bertz CT molecular complexity index is 712. The fourth-order valence-electron chi connectivity index (χ4n) is 3.62. The van der Waals surface area contributed by atoms with E-state index in [1.807, 2.05) is 18.7 Å². The number of hydrogen-bond acceptors (Lipinski definition) is 7. The molecule has 1 atom stereocenters. The van der Waals surface area contributed by atoms with Crippen LogP contribution in [-0.4, -0.2) is 67.8 Å². The van der Waals surface area contributed by atoms with Gasteiger partial charge in [-0.05, 0) is 26.7 Å². The molecule has 154 valence electrons. The molecule has 0 saturated carbocycles. The first-order valence-corrected chi connectivity index (χ1v) is 9.78. The SMILES string of the molecule is CCOc1cc(N2CCN(C(=O)[C@H]3CCCO3)CC2)c([N+](=O)[O-])cc1OCC. The fourth-order valence-corrected chi connectivity index (χ4v) is 3.62. The lowest BCUT2D eigenvalue weighted by Gasteiger charge is -2.36. The number of piperazine rings is 1. The van der Waals surface area contributed by atoms with Gasteiger partial charge in [-0.1, -0.05) is 0 Å². The average Bonchev–Trinajstić information content (AvgIpc) is 3.23. The van der Waals surface area contributed by atoms with E-state index in [1.54, 1.807) is 11.0 Å². The van der Waals surface area contributed by atoms with Crippen molar-refractivity contribution in [3.05, 3.63) is 22.2 Å². The number of ether oxygens (including phenoxy) is 3. The summed E-state index contributed by atoms with van der Waals surface area (Å²) in [6.45, 7) is 7.17. The molecule has 0 spiro atoms. The van der Waals surface area contributed by atoms with Crippen LogP contribution in [0.5, 0.6) is 11.5 Å². The third kappa shape index (κ3) is 4.30. The molecule has 2 heterocycles. The first-order chi connectivity index (χ1) is 13.5. The summed E-state index contributed by atoms with van der Waals surface area (Å²) in [5.41, 5.74) is 0.465. The van der Waals surface area contributed by atoms with Crippen LogP contribution in [0.2, 0.25) is 0 Å². The van der Waals surface area contributed by atoms with Gasteiger partial charge in [0.25, 0.3) is 11.6 Å². The van der Waals surface area contributed by atoms with Crippen LogP contribution in [0.25, 0.3) is 0 Å². The maximum absolute atomic E-state index is 12.5. The van der Waals surface area contributed by atoms with Crippen LogP contribution in [0.1, 0.15) is 26.7 Å². The van der Waals surface area contributed by atoms with Crippen LogP contribution in [0, 0.1) is 10.1 Å². The van der Waals surface area contributed by atoms with Gasteiger partial charge in [0.15, 0.2) is 11.5 Å². The minimum Gasteiger partial charge on any atom is -0.490 e. The van der Waals surface area contributed by atoms with Gasteiger partial charge in [0.1, 0.15) is 11.8 Å². The molecule has 2 fully saturated rings. The first-order valence-electron chi connectivity index (χ1n) is 9.78. The van der Waals surface area contributed by atoms with E-state index >= 15 is 0 Å². The Labute approximate surface area is 164 Å². The number of rotatable bonds is 7. The Kier molecular flexibility index (Phi) is 6.56. The summed E-state index contributed by atoms with van der Waals surface area (Å²) >= 11 is 0. The second-order valence-corrected chi connectivity index (χ2v) is 6.72. The van der Waals surface area contributed by atoms with Crippen LogP contribution in [-0.2, 0) is 9.53 Å². The number of nitro groups is 1. The lowest BCUT2D eigenvalue weighted by atomic mass is 10.1. The molecule has 3 rings (SSSR count). The molecule has 2 aliphatic heterocycles. The number of carbonyl (C=O) groups excluding carboxylic acids is 1. The zero-order valence-electron chi connectivity index (χ0n) is 16.4. The third-order valence-corrected chi connectivity index (χ3v) is 4.97. The van der Waals surface area contributed by atoms with E-state index in [4.69, 9.17) is 14.2 Å². The molecule has 0 aromatic heterocycles. The van der Waals surface area contributed by atoms with Gasteiger partial charge in [0.2, 0.25) is 0 Å². The number of hydrogen-bond donors (Lipinski definition) is 0. The summed E-state index contributed by atoms with van der Waals surface area (Å²) in [4.78, 5) is 27.5. The second-order valence-electron chi connectivity index (χ2n) is 6.72. The summed E-state index contributed by atoms with van der Waals surface area (Å²) in [7, 11) is 0. The molecule has 2 aliphatic rings. The van der Waals surface area contributed by atoms with Crippen LogP contribution < -0.4 is 14.4 Å². The van der Waals surface area contributed by atoms with Crippen molar-refractivity contribution in [2.45, 2.75) is 32.8 Å². The monoisotopic (exact) mass is 393 g/mol. The zero-order chi connectivity index (χ0) is 20.1. The van der Waals surface area contributed by atoms with Gasteiger partial charge in [0.05, 0.1) is 24.2 Å². The Balaban J connectivity index is 1.78. The summed E-state index contributed by atoms with van der Waals surface area (Å²) in [5.74, 6) is 0.878. The minimum atomic E-state index is -0.405. The Morgan fingerprint density at radius 1 is 1.18 bits per heavy atom. The molecule has 0 N–H and O–H groups in total. The molecular weight excluding hydrogens is 366 g/mol. The predicted molar refractivity (Wildman–Crippen MR) is 103 cm³/mol. The lowest BCUT2D eigenvalue weighted by molar-refractivity contribution is -0.384. The van der Waals surface area contributed by atoms with Crippen molar-refractivity contribution in [3.63, 3.8) is 0 Å². The third-order valence-electron chi connectivity index (χ3n) is 4.97. The molecular formula is C19H27N3O6. The number of carbonyl (C=O) groups is 1. The molecule has 1 aromatic carbocycles. The normalized spacial score (nSPS) is 19.6. The largest absolute Gasteiger partial charge is 0.490 e. The van der Waals surface area contributed by atoms with Gasteiger partial charge in [-0.25, -0.2) is 0 Å². The summed E-state index contributed by atoms with van der Waals surface area (Å²) in [5, 5.41) is 11.6. The molecule has 0 aliphatic carbocycles. The summed E-state index contributed by atoms with van der Waals surface area (Å²) in [6.07, 6.45) is 1.34. The van der Waals surface area contributed by atoms with Crippen molar-refractivity contribution in [3.8, 4) is 11.5 Å². The molecule has 0 bridgehead atoms. The number of nitrogens with zero attached hydrogens (tertiary/aromatic N) is 3. The van der Waals surface area contributed by atoms with Crippen LogP contribution >= 0.6 is 0 Å². The Morgan fingerprint density at radius 2 is 1.82 bits per heavy atom. The van der Waals surface area contributed by atoms with E-state index in [9.17, 15) is 14.9 Å². The van der Waals surface area contributed by atoms with Crippen molar-refractivity contribution < 1.29 is 23.9 Å². The zero-order valence-corrected chi connectivity index (χ0v) is 16.4. The topological polar surface area (TPSA) is 94.4 Å². The molecule has 28 heavy (non-hydrogen) atoms. The Hall–Kier alpha value is -2.55. The molecule has 9 heteroatoms. The number of anilines is 1. The van der Waals surface area contributed by atoms with Gasteiger partial charge >= 0.3 is 0 Å². The lowest BCUT2D eigenvalue weighted by Crippen LogP contribution is -2.51. The average molecular weight is 393 g/mol. The smallest absolute Gasteiger partial charge is 0.296 e. The first kappa shape index (κ1) is 20.2. The maximum atomic E-state index is 12.5. The number of amides is 1. The van der Waals surface area contributed by atoms with Gasteiger partial charge < -0.3 is 24.0 Å². The molecule has 2 saturated heterocycles. The second kappa shape index (κ2) is 9.09. The van der Waals surface area contributed by atoms with E-state index in [1.165, 1.54) is 6.07 Å². The minimum absolute atomic E-state index is 0.0216. The van der Waals surface area contributed by atoms with Crippen molar-refractivity contribution in [1.82, 2.24) is 4.90 Å². The van der Waals surface area contributed by atoms with Gasteiger partial charge in [-0.2, -0.15) is 0 Å².